The fraction of sp³-hybridized carbons (Fsp3) is 0.917. The van der Waals surface area contributed by atoms with Crippen LogP contribution in [0.3, 0.4) is 0 Å². The summed E-state index contributed by atoms with van der Waals surface area (Å²) in [5, 5.41) is 0. The largest absolute Gasteiger partial charge is 0.377 e. The van der Waals surface area contributed by atoms with Crippen molar-refractivity contribution in [1.82, 2.24) is 4.90 Å². The van der Waals surface area contributed by atoms with Crippen molar-refractivity contribution in [1.29, 1.82) is 0 Å². The highest BCUT2D eigenvalue weighted by Crippen LogP contribution is 2.16. The zero-order chi connectivity index (χ0) is 12.0. The number of ether oxygens (including phenoxy) is 1. The molecule has 0 aromatic carbocycles. The van der Waals surface area contributed by atoms with Crippen LogP contribution in [-0.2, 0) is 9.53 Å². The molecule has 1 rings (SSSR count). The second-order valence-electron chi connectivity index (χ2n) is 4.49. The van der Waals surface area contributed by atoms with Gasteiger partial charge in [-0.15, -0.1) is 0 Å². The molecule has 4 heteroatoms. The van der Waals surface area contributed by atoms with Crippen molar-refractivity contribution in [2.24, 2.45) is 11.7 Å². The fourth-order valence-electron chi connectivity index (χ4n) is 1.96. The summed E-state index contributed by atoms with van der Waals surface area (Å²) in [6, 6.07) is 0. The number of amides is 1. The molecule has 1 unspecified atom stereocenters. The summed E-state index contributed by atoms with van der Waals surface area (Å²) in [6.07, 6.45) is 3.11. The first-order valence-electron chi connectivity index (χ1n) is 6.29. The molecule has 16 heavy (non-hydrogen) atoms. The topological polar surface area (TPSA) is 55.6 Å². The molecule has 4 nitrogen and oxygen atoms in total. The molecule has 0 aliphatic carbocycles. The minimum atomic E-state index is 0.154. The third-order valence-electron chi connectivity index (χ3n) is 3.26. The lowest BCUT2D eigenvalue weighted by Gasteiger charge is -2.33. The molecule has 1 atom stereocenters. The molecule has 0 aromatic rings. The van der Waals surface area contributed by atoms with E-state index >= 15 is 0 Å². The maximum absolute atomic E-state index is 11.9. The molecular weight excluding hydrogens is 204 g/mol. The van der Waals surface area contributed by atoms with Gasteiger partial charge >= 0.3 is 0 Å². The predicted molar refractivity (Wildman–Crippen MR) is 64.1 cm³/mol. The van der Waals surface area contributed by atoms with Gasteiger partial charge in [-0.05, 0) is 19.3 Å². The summed E-state index contributed by atoms with van der Waals surface area (Å²) in [4.78, 5) is 13.9. The van der Waals surface area contributed by atoms with Crippen LogP contribution in [0.2, 0.25) is 0 Å². The van der Waals surface area contributed by atoms with Gasteiger partial charge < -0.3 is 15.4 Å². The Morgan fingerprint density at radius 1 is 1.50 bits per heavy atom. The van der Waals surface area contributed by atoms with E-state index < -0.39 is 0 Å². The lowest BCUT2D eigenvalue weighted by atomic mass is 10.0. The van der Waals surface area contributed by atoms with Crippen molar-refractivity contribution in [3.8, 4) is 0 Å². The second kappa shape index (κ2) is 6.86. The number of carbonyl (C=O) groups is 1. The van der Waals surface area contributed by atoms with Gasteiger partial charge in [0, 0.05) is 25.6 Å². The van der Waals surface area contributed by atoms with Gasteiger partial charge in [-0.2, -0.15) is 0 Å². The Balaban J connectivity index is 2.28. The summed E-state index contributed by atoms with van der Waals surface area (Å²) >= 11 is 0. The van der Waals surface area contributed by atoms with Crippen molar-refractivity contribution >= 4 is 5.91 Å². The Labute approximate surface area is 98.1 Å². The Morgan fingerprint density at radius 2 is 2.12 bits per heavy atom. The molecular formula is C12H24N2O2. The Hall–Kier alpha value is -0.610. The second-order valence-corrected chi connectivity index (χ2v) is 4.49. The summed E-state index contributed by atoms with van der Waals surface area (Å²) in [5.74, 6) is 0.446. The van der Waals surface area contributed by atoms with Crippen LogP contribution in [0.25, 0.3) is 0 Å². The van der Waals surface area contributed by atoms with E-state index in [0.29, 0.717) is 25.2 Å². The van der Waals surface area contributed by atoms with E-state index in [2.05, 4.69) is 6.92 Å². The highest BCUT2D eigenvalue weighted by Gasteiger charge is 2.25. The van der Waals surface area contributed by atoms with Gasteiger partial charge in [-0.1, -0.05) is 13.8 Å². The van der Waals surface area contributed by atoms with E-state index in [0.717, 1.165) is 32.4 Å². The van der Waals surface area contributed by atoms with E-state index in [9.17, 15) is 4.79 Å². The molecule has 0 aromatic heterocycles. The summed E-state index contributed by atoms with van der Waals surface area (Å²) in [7, 11) is 0. The van der Waals surface area contributed by atoms with Crippen LogP contribution in [0.15, 0.2) is 0 Å². The molecule has 0 saturated carbocycles. The van der Waals surface area contributed by atoms with Crippen LogP contribution in [0.4, 0.5) is 0 Å². The van der Waals surface area contributed by atoms with E-state index in [-0.39, 0.29) is 5.92 Å². The number of hydrogen-bond acceptors (Lipinski definition) is 3. The van der Waals surface area contributed by atoms with Gasteiger partial charge in [0.05, 0.1) is 12.7 Å². The average Bonchev–Trinajstić information content (AvgIpc) is 2.35. The zero-order valence-corrected chi connectivity index (χ0v) is 10.4. The van der Waals surface area contributed by atoms with Crippen molar-refractivity contribution in [3.63, 3.8) is 0 Å². The van der Waals surface area contributed by atoms with E-state index in [1.165, 1.54) is 0 Å². The van der Waals surface area contributed by atoms with Crippen molar-refractivity contribution < 1.29 is 9.53 Å². The molecule has 0 radical (unpaired) electrons. The lowest BCUT2D eigenvalue weighted by molar-refractivity contribution is -0.137. The summed E-state index contributed by atoms with van der Waals surface area (Å²) in [5.41, 5.74) is 5.39. The first kappa shape index (κ1) is 13.5. The van der Waals surface area contributed by atoms with Crippen LogP contribution in [0.5, 0.6) is 0 Å². The summed E-state index contributed by atoms with van der Waals surface area (Å²) < 4.78 is 5.58. The minimum Gasteiger partial charge on any atom is -0.377 e. The molecule has 1 amide bonds. The van der Waals surface area contributed by atoms with Crippen molar-refractivity contribution in [3.05, 3.63) is 0 Å². The number of nitrogens with zero attached hydrogens (tertiary/aromatic N) is 1. The first-order chi connectivity index (χ1) is 7.69. The van der Waals surface area contributed by atoms with Crippen molar-refractivity contribution in [2.45, 2.75) is 39.2 Å². The molecule has 1 aliphatic heterocycles. The van der Waals surface area contributed by atoms with Gasteiger partial charge in [0.25, 0.3) is 0 Å². The van der Waals surface area contributed by atoms with Crippen molar-refractivity contribution in [2.75, 3.05) is 26.2 Å². The van der Waals surface area contributed by atoms with Crippen LogP contribution in [0.1, 0.15) is 33.1 Å². The van der Waals surface area contributed by atoms with E-state index in [1.807, 2.05) is 11.8 Å². The van der Waals surface area contributed by atoms with Crippen LogP contribution in [-0.4, -0.2) is 43.2 Å². The maximum atomic E-state index is 11.9. The third kappa shape index (κ3) is 3.76. The Kier molecular flexibility index (Phi) is 5.77. The van der Waals surface area contributed by atoms with E-state index in [1.54, 1.807) is 0 Å². The predicted octanol–water partition coefficient (Wildman–Crippen LogP) is 0.999. The van der Waals surface area contributed by atoms with E-state index in [4.69, 9.17) is 10.5 Å². The van der Waals surface area contributed by atoms with Crippen LogP contribution in [0, 0.1) is 5.92 Å². The standard InChI is InChI=1S/C12H24N2O2/c1-3-10(2)12(15)14-7-4-11(5-8-14)16-9-6-13/h10-11H,3-9,13H2,1-2H3. The first-order valence-corrected chi connectivity index (χ1v) is 6.29. The number of rotatable bonds is 5. The van der Waals surface area contributed by atoms with Gasteiger partial charge in [0.15, 0.2) is 0 Å². The molecule has 1 saturated heterocycles. The number of carbonyl (C=O) groups excluding carboxylic acids is 1. The molecule has 1 aliphatic rings. The fourth-order valence-corrected chi connectivity index (χ4v) is 1.96. The third-order valence-corrected chi connectivity index (χ3v) is 3.26. The van der Waals surface area contributed by atoms with Gasteiger partial charge in [0.2, 0.25) is 5.91 Å². The number of hydrogen-bond donors (Lipinski definition) is 1. The average molecular weight is 228 g/mol. The molecule has 0 spiro atoms. The van der Waals surface area contributed by atoms with Gasteiger partial charge in [0.1, 0.15) is 0 Å². The highest BCUT2D eigenvalue weighted by molar-refractivity contribution is 5.78. The minimum absolute atomic E-state index is 0.154. The monoisotopic (exact) mass is 228 g/mol. The molecule has 1 fully saturated rings. The zero-order valence-electron chi connectivity index (χ0n) is 10.4. The molecule has 0 bridgehead atoms. The van der Waals surface area contributed by atoms with Crippen LogP contribution >= 0.6 is 0 Å². The number of nitrogens with two attached hydrogens (primary N) is 1. The number of likely N-dealkylation sites (tertiary alicyclic amines) is 1. The quantitative estimate of drug-likeness (QED) is 0.763. The Morgan fingerprint density at radius 3 is 2.62 bits per heavy atom. The summed E-state index contributed by atoms with van der Waals surface area (Å²) in [6.45, 7) is 6.92. The number of piperidine rings is 1. The van der Waals surface area contributed by atoms with Gasteiger partial charge in [-0.25, -0.2) is 0 Å². The Bertz CT molecular complexity index is 213. The van der Waals surface area contributed by atoms with Crippen LogP contribution < -0.4 is 5.73 Å². The lowest BCUT2D eigenvalue weighted by Crippen LogP contribution is -2.43. The SMILES string of the molecule is CCC(C)C(=O)N1CCC(OCCN)CC1. The van der Waals surface area contributed by atoms with Gasteiger partial charge in [-0.3, -0.25) is 4.79 Å². The molecule has 94 valence electrons. The smallest absolute Gasteiger partial charge is 0.225 e. The highest BCUT2D eigenvalue weighted by atomic mass is 16.5. The maximum Gasteiger partial charge on any atom is 0.225 e. The normalized spacial score (nSPS) is 19.8. The molecule has 1 heterocycles. The molecule has 2 N–H and O–H groups in total.